The zero-order valence-corrected chi connectivity index (χ0v) is 16.6. The van der Waals surface area contributed by atoms with Crippen LogP contribution in [0.5, 0.6) is 17.2 Å². The number of rotatable bonds is 4. The van der Waals surface area contributed by atoms with E-state index in [1.165, 1.54) is 25.3 Å². The zero-order valence-electron chi connectivity index (χ0n) is 16.6. The van der Waals surface area contributed by atoms with E-state index >= 15 is 0 Å². The standard InChI is InChI=1S/C23H14FN3O5/c1-30-20-16-12-15-19(21(20)32-23(29)22(28)31-16)26-18(27(15)17-4-2-3-11-25-17)10-7-13-5-8-14(24)9-6-13/h2-12H,1H3/b10-7+. The van der Waals surface area contributed by atoms with Gasteiger partial charge in [0.05, 0.1) is 12.6 Å². The van der Waals surface area contributed by atoms with E-state index < -0.39 is 11.9 Å². The molecular formula is C23H14FN3O5. The number of ether oxygens (including phenoxy) is 3. The largest absolute Gasteiger partial charge is 0.490 e. The second-order valence-corrected chi connectivity index (χ2v) is 6.76. The van der Waals surface area contributed by atoms with Crippen molar-refractivity contribution in [3.05, 3.63) is 71.9 Å². The number of carbonyl (C=O) groups excluding carboxylic acids is 2. The van der Waals surface area contributed by atoms with Gasteiger partial charge in [0.1, 0.15) is 23.0 Å². The van der Waals surface area contributed by atoms with E-state index in [0.29, 0.717) is 17.2 Å². The molecule has 5 rings (SSSR count). The van der Waals surface area contributed by atoms with Crippen LogP contribution in [0.2, 0.25) is 0 Å². The first kappa shape index (κ1) is 19.4. The van der Waals surface area contributed by atoms with Crippen molar-refractivity contribution in [2.24, 2.45) is 0 Å². The third kappa shape index (κ3) is 3.25. The Morgan fingerprint density at radius 2 is 1.81 bits per heavy atom. The lowest BCUT2D eigenvalue weighted by atomic mass is 10.2. The summed E-state index contributed by atoms with van der Waals surface area (Å²) in [5.74, 6) is -1.61. The van der Waals surface area contributed by atoms with Crippen LogP contribution in [0.1, 0.15) is 11.4 Å². The minimum Gasteiger partial charge on any atom is -0.490 e. The highest BCUT2D eigenvalue weighted by Gasteiger charge is 2.33. The van der Waals surface area contributed by atoms with Gasteiger partial charge in [-0.2, -0.15) is 0 Å². The van der Waals surface area contributed by atoms with Gasteiger partial charge in [0.25, 0.3) is 0 Å². The van der Waals surface area contributed by atoms with Crippen LogP contribution in [0.15, 0.2) is 54.7 Å². The molecule has 2 aromatic carbocycles. The molecule has 9 heteroatoms. The van der Waals surface area contributed by atoms with Crippen molar-refractivity contribution >= 4 is 35.1 Å². The normalized spacial score (nSPS) is 13.2. The molecule has 0 N–H and O–H groups in total. The van der Waals surface area contributed by atoms with Gasteiger partial charge >= 0.3 is 11.9 Å². The van der Waals surface area contributed by atoms with Crippen LogP contribution in [0.3, 0.4) is 0 Å². The van der Waals surface area contributed by atoms with Crippen LogP contribution in [0, 0.1) is 5.82 Å². The topological polar surface area (TPSA) is 92.5 Å². The van der Waals surface area contributed by atoms with Crippen molar-refractivity contribution in [1.29, 1.82) is 0 Å². The van der Waals surface area contributed by atoms with Gasteiger partial charge in [0, 0.05) is 12.3 Å². The van der Waals surface area contributed by atoms with Gasteiger partial charge in [-0.3, -0.25) is 4.57 Å². The molecule has 0 fully saturated rings. The van der Waals surface area contributed by atoms with Crippen LogP contribution < -0.4 is 14.2 Å². The highest BCUT2D eigenvalue weighted by atomic mass is 19.1. The number of halogens is 1. The van der Waals surface area contributed by atoms with Crippen molar-refractivity contribution < 1.29 is 28.2 Å². The molecule has 0 amide bonds. The number of esters is 2. The molecule has 8 nitrogen and oxygen atoms in total. The highest BCUT2D eigenvalue weighted by molar-refractivity contribution is 6.32. The number of nitrogens with zero attached hydrogens (tertiary/aromatic N) is 3. The Hall–Kier alpha value is -4.53. The molecule has 32 heavy (non-hydrogen) atoms. The molecule has 0 saturated carbocycles. The molecule has 0 radical (unpaired) electrons. The Bertz CT molecular complexity index is 1400. The number of hydrogen-bond donors (Lipinski definition) is 0. The minimum absolute atomic E-state index is 0.0250. The van der Waals surface area contributed by atoms with Crippen LogP contribution in [-0.2, 0) is 9.59 Å². The van der Waals surface area contributed by atoms with E-state index in [9.17, 15) is 14.0 Å². The predicted octanol–water partition coefficient (Wildman–Crippen LogP) is 3.56. The Labute approximate surface area is 180 Å². The molecule has 1 aliphatic rings. The maximum absolute atomic E-state index is 13.2. The van der Waals surface area contributed by atoms with Crippen LogP contribution in [-0.4, -0.2) is 33.6 Å². The molecular weight excluding hydrogens is 417 g/mol. The van der Waals surface area contributed by atoms with Crippen molar-refractivity contribution in [3.8, 4) is 23.1 Å². The second-order valence-electron chi connectivity index (χ2n) is 6.76. The summed E-state index contributed by atoms with van der Waals surface area (Å²) in [4.78, 5) is 32.9. The lowest BCUT2D eigenvalue weighted by Gasteiger charge is -2.10. The summed E-state index contributed by atoms with van der Waals surface area (Å²) in [6.07, 6.45) is 5.10. The maximum Gasteiger partial charge on any atom is 0.423 e. The van der Waals surface area contributed by atoms with Gasteiger partial charge in [-0.05, 0) is 35.9 Å². The number of aromatic nitrogens is 3. The van der Waals surface area contributed by atoms with Crippen LogP contribution in [0.4, 0.5) is 4.39 Å². The summed E-state index contributed by atoms with van der Waals surface area (Å²) in [5.41, 5.74) is 1.52. The maximum atomic E-state index is 13.2. The monoisotopic (exact) mass is 431 g/mol. The number of carbonyl (C=O) groups is 2. The number of benzene rings is 2. The second kappa shape index (κ2) is 7.62. The zero-order chi connectivity index (χ0) is 22.2. The Kier molecular flexibility index (Phi) is 4.63. The first-order valence-corrected chi connectivity index (χ1v) is 9.47. The molecule has 0 aliphatic carbocycles. The van der Waals surface area contributed by atoms with Gasteiger partial charge in [0.2, 0.25) is 11.5 Å². The lowest BCUT2D eigenvalue weighted by molar-refractivity contribution is -0.155. The van der Waals surface area contributed by atoms with Crippen LogP contribution >= 0.6 is 0 Å². The van der Waals surface area contributed by atoms with E-state index in [4.69, 9.17) is 14.2 Å². The summed E-state index contributed by atoms with van der Waals surface area (Å²) in [7, 11) is 1.37. The van der Waals surface area contributed by atoms with Gasteiger partial charge in [0.15, 0.2) is 5.75 Å². The van der Waals surface area contributed by atoms with Crippen molar-refractivity contribution in [1.82, 2.24) is 14.5 Å². The number of fused-ring (bicyclic) bond motifs is 4. The Morgan fingerprint density at radius 3 is 2.53 bits per heavy atom. The summed E-state index contributed by atoms with van der Waals surface area (Å²) in [6, 6.07) is 12.9. The van der Waals surface area contributed by atoms with Gasteiger partial charge in [-0.15, -0.1) is 0 Å². The fourth-order valence-corrected chi connectivity index (χ4v) is 3.38. The molecule has 0 saturated heterocycles. The lowest BCUT2D eigenvalue weighted by Crippen LogP contribution is -2.23. The number of pyridine rings is 1. The summed E-state index contributed by atoms with van der Waals surface area (Å²) in [6.45, 7) is 0. The Morgan fingerprint density at radius 1 is 1.03 bits per heavy atom. The van der Waals surface area contributed by atoms with Crippen LogP contribution in [0.25, 0.3) is 29.0 Å². The first-order valence-electron chi connectivity index (χ1n) is 9.47. The predicted molar refractivity (Wildman–Crippen MR) is 112 cm³/mol. The van der Waals surface area contributed by atoms with Crippen molar-refractivity contribution in [2.45, 2.75) is 0 Å². The molecule has 2 bridgehead atoms. The molecule has 0 unspecified atom stereocenters. The van der Waals surface area contributed by atoms with E-state index in [1.807, 2.05) is 6.07 Å². The molecule has 0 spiro atoms. The first-order chi connectivity index (χ1) is 15.5. The highest BCUT2D eigenvalue weighted by Crippen LogP contribution is 2.45. The third-order valence-electron chi connectivity index (χ3n) is 4.79. The summed E-state index contributed by atoms with van der Waals surface area (Å²) >= 11 is 0. The summed E-state index contributed by atoms with van der Waals surface area (Å²) in [5, 5.41) is 0. The number of methoxy groups -OCH3 is 1. The molecule has 4 aromatic rings. The molecule has 0 atom stereocenters. The van der Waals surface area contributed by atoms with E-state index in [-0.39, 0.29) is 28.6 Å². The molecule has 2 aromatic heterocycles. The summed E-state index contributed by atoms with van der Waals surface area (Å²) < 4.78 is 30.7. The number of hydrogen-bond acceptors (Lipinski definition) is 7. The minimum atomic E-state index is -1.18. The van der Waals surface area contributed by atoms with E-state index in [1.54, 1.807) is 47.2 Å². The third-order valence-corrected chi connectivity index (χ3v) is 4.79. The van der Waals surface area contributed by atoms with Crippen molar-refractivity contribution in [3.63, 3.8) is 0 Å². The van der Waals surface area contributed by atoms with Crippen molar-refractivity contribution in [2.75, 3.05) is 7.11 Å². The molecule has 3 heterocycles. The average Bonchev–Trinajstić information content (AvgIpc) is 3.13. The van der Waals surface area contributed by atoms with Gasteiger partial charge < -0.3 is 14.2 Å². The SMILES string of the molecule is COc1c2cc3c(nc(/C=C/c4ccc(F)cc4)n3-c3ccccn3)c1OC(=O)C(=O)O2. The molecule has 158 valence electrons. The quantitative estimate of drug-likeness (QED) is 0.277. The Balaban J connectivity index is 1.77. The smallest absolute Gasteiger partial charge is 0.423 e. The number of imidazole rings is 1. The average molecular weight is 431 g/mol. The fraction of sp³-hybridized carbons (Fsp3) is 0.0435. The van der Waals surface area contributed by atoms with Gasteiger partial charge in [-0.1, -0.05) is 24.3 Å². The fourth-order valence-electron chi connectivity index (χ4n) is 3.38. The van der Waals surface area contributed by atoms with Gasteiger partial charge in [-0.25, -0.2) is 23.9 Å². The van der Waals surface area contributed by atoms with E-state index in [2.05, 4.69) is 9.97 Å². The van der Waals surface area contributed by atoms with E-state index in [0.717, 1.165) is 5.56 Å². The molecule has 1 aliphatic heterocycles.